The van der Waals surface area contributed by atoms with Gasteiger partial charge < -0.3 is 16.2 Å². The molecule has 0 saturated carbocycles. The normalized spacial score (nSPS) is 37.9. The van der Waals surface area contributed by atoms with Crippen molar-refractivity contribution >= 4 is 0 Å². The Morgan fingerprint density at radius 2 is 2.36 bits per heavy atom. The highest BCUT2D eigenvalue weighted by Gasteiger charge is 2.39. The van der Waals surface area contributed by atoms with Crippen molar-refractivity contribution in [3.63, 3.8) is 0 Å². The number of hydrogen-bond acceptors (Lipinski definition) is 3. The number of hydrogen-bond donors (Lipinski definition) is 2. The SMILES string of the molecule is CCC1(CCN)OCCC1N. The van der Waals surface area contributed by atoms with Crippen LogP contribution in [0.4, 0.5) is 0 Å². The van der Waals surface area contributed by atoms with Gasteiger partial charge in [0.05, 0.1) is 5.60 Å². The third-order valence-electron chi connectivity index (χ3n) is 2.66. The average molecular weight is 158 g/mol. The highest BCUT2D eigenvalue weighted by Crippen LogP contribution is 2.30. The van der Waals surface area contributed by atoms with Gasteiger partial charge in [0.25, 0.3) is 0 Å². The van der Waals surface area contributed by atoms with E-state index in [0.29, 0.717) is 6.54 Å². The van der Waals surface area contributed by atoms with Crippen LogP contribution in [0.15, 0.2) is 0 Å². The van der Waals surface area contributed by atoms with Crippen LogP contribution in [0, 0.1) is 0 Å². The van der Waals surface area contributed by atoms with Crippen molar-refractivity contribution in [1.29, 1.82) is 0 Å². The maximum Gasteiger partial charge on any atom is 0.0842 e. The van der Waals surface area contributed by atoms with Gasteiger partial charge in [-0.3, -0.25) is 0 Å². The van der Waals surface area contributed by atoms with Crippen LogP contribution in [0.2, 0.25) is 0 Å². The third kappa shape index (κ3) is 1.55. The summed E-state index contributed by atoms with van der Waals surface area (Å²) in [5, 5.41) is 0. The second-order valence-electron chi connectivity index (χ2n) is 3.20. The highest BCUT2D eigenvalue weighted by atomic mass is 16.5. The summed E-state index contributed by atoms with van der Waals surface area (Å²) in [4.78, 5) is 0. The van der Waals surface area contributed by atoms with Crippen LogP contribution in [0.25, 0.3) is 0 Å². The molecule has 0 radical (unpaired) electrons. The summed E-state index contributed by atoms with van der Waals surface area (Å²) in [7, 11) is 0. The zero-order chi connectivity index (χ0) is 8.32. The van der Waals surface area contributed by atoms with Gasteiger partial charge >= 0.3 is 0 Å². The zero-order valence-electron chi connectivity index (χ0n) is 7.18. The van der Waals surface area contributed by atoms with E-state index in [9.17, 15) is 0 Å². The quantitative estimate of drug-likeness (QED) is 0.618. The Hall–Kier alpha value is -0.120. The highest BCUT2D eigenvalue weighted by molar-refractivity contribution is 4.94. The Balaban J connectivity index is 2.57. The van der Waals surface area contributed by atoms with Gasteiger partial charge in [-0.05, 0) is 25.8 Å². The van der Waals surface area contributed by atoms with Crippen molar-refractivity contribution in [3.05, 3.63) is 0 Å². The van der Waals surface area contributed by atoms with Crippen LogP contribution in [-0.4, -0.2) is 24.8 Å². The number of nitrogens with two attached hydrogens (primary N) is 2. The monoisotopic (exact) mass is 158 g/mol. The lowest BCUT2D eigenvalue weighted by Crippen LogP contribution is -2.45. The molecule has 3 nitrogen and oxygen atoms in total. The van der Waals surface area contributed by atoms with Crippen molar-refractivity contribution in [1.82, 2.24) is 0 Å². The van der Waals surface area contributed by atoms with Crippen molar-refractivity contribution in [2.75, 3.05) is 13.2 Å². The first kappa shape index (κ1) is 8.97. The van der Waals surface area contributed by atoms with E-state index in [0.717, 1.165) is 25.9 Å². The van der Waals surface area contributed by atoms with E-state index in [2.05, 4.69) is 6.92 Å². The molecule has 1 heterocycles. The topological polar surface area (TPSA) is 61.3 Å². The van der Waals surface area contributed by atoms with Crippen LogP contribution in [-0.2, 0) is 4.74 Å². The van der Waals surface area contributed by atoms with Gasteiger partial charge in [0.15, 0.2) is 0 Å². The van der Waals surface area contributed by atoms with Crippen molar-refractivity contribution in [2.45, 2.75) is 37.8 Å². The van der Waals surface area contributed by atoms with E-state index < -0.39 is 0 Å². The van der Waals surface area contributed by atoms with Crippen molar-refractivity contribution in [3.8, 4) is 0 Å². The summed E-state index contributed by atoms with van der Waals surface area (Å²) in [6.07, 6.45) is 2.85. The first-order chi connectivity index (χ1) is 5.25. The van der Waals surface area contributed by atoms with E-state index in [-0.39, 0.29) is 11.6 Å². The standard InChI is InChI=1S/C8H18N2O/c1-2-8(4-5-9)7(10)3-6-11-8/h7H,2-6,9-10H2,1H3. The molecule has 2 atom stereocenters. The maximum atomic E-state index is 5.93. The minimum absolute atomic E-state index is 0.102. The number of rotatable bonds is 3. The average Bonchev–Trinajstić information content (AvgIpc) is 2.35. The molecule has 3 heteroatoms. The maximum absolute atomic E-state index is 5.93. The fourth-order valence-corrected chi connectivity index (χ4v) is 1.80. The van der Waals surface area contributed by atoms with Gasteiger partial charge in [-0.15, -0.1) is 0 Å². The molecule has 1 rings (SSSR count). The molecule has 1 aliphatic heterocycles. The second kappa shape index (κ2) is 3.52. The van der Waals surface area contributed by atoms with Crippen molar-refractivity contribution < 1.29 is 4.74 Å². The van der Waals surface area contributed by atoms with E-state index in [1.807, 2.05) is 0 Å². The van der Waals surface area contributed by atoms with E-state index in [1.54, 1.807) is 0 Å². The Kier molecular flexibility index (Phi) is 2.87. The summed E-state index contributed by atoms with van der Waals surface area (Å²) in [6.45, 7) is 3.58. The molecule has 1 aliphatic rings. The second-order valence-corrected chi connectivity index (χ2v) is 3.20. The minimum Gasteiger partial charge on any atom is -0.373 e. The summed E-state index contributed by atoms with van der Waals surface area (Å²) in [5.41, 5.74) is 11.3. The molecular formula is C8H18N2O. The molecule has 1 saturated heterocycles. The molecule has 0 aromatic heterocycles. The Morgan fingerprint density at radius 3 is 2.73 bits per heavy atom. The molecule has 11 heavy (non-hydrogen) atoms. The smallest absolute Gasteiger partial charge is 0.0842 e. The first-order valence-electron chi connectivity index (χ1n) is 4.35. The predicted molar refractivity (Wildman–Crippen MR) is 45.2 cm³/mol. The van der Waals surface area contributed by atoms with Gasteiger partial charge in [0, 0.05) is 12.6 Å². The van der Waals surface area contributed by atoms with Gasteiger partial charge in [-0.25, -0.2) is 0 Å². The number of ether oxygens (including phenoxy) is 1. The molecule has 0 spiro atoms. The van der Waals surface area contributed by atoms with Gasteiger partial charge in [-0.2, -0.15) is 0 Å². The van der Waals surface area contributed by atoms with E-state index in [4.69, 9.17) is 16.2 Å². The van der Waals surface area contributed by atoms with Gasteiger partial charge in [-0.1, -0.05) is 6.92 Å². The summed E-state index contributed by atoms with van der Waals surface area (Å²) < 4.78 is 5.64. The predicted octanol–water partition coefficient (Wildman–Crippen LogP) is 0.232. The van der Waals surface area contributed by atoms with Crippen LogP contribution in [0.1, 0.15) is 26.2 Å². The fourth-order valence-electron chi connectivity index (χ4n) is 1.80. The lowest BCUT2D eigenvalue weighted by molar-refractivity contribution is -0.0123. The first-order valence-corrected chi connectivity index (χ1v) is 4.35. The lowest BCUT2D eigenvalue weighted by Gasteiger charge is -2.30. The summed E-state index contributed by atoms with van der Waals surface area (Å²) >= 11 is 0. The van der Waals surface area contributed by atoms with Crippen LogP contribution < -0.4 is 11.5 Å². The molecular weight excluding hydrogens is 140 g/mol. The molecule has 0 amide bonds. The molecule has 0 aliphatic carbocycles. The molecule has 0 bridgehead atoms. The van der Waals surface area contributed by atoms with Crippen LogP contribution in [0.5, 0.6) is 0 Å². The Morgan fingerprint density at radius 1 is 1.64 bits per heavy atom. The Bertz CT molecular complexity index is 129. The van der Waals surface area contributed by atoms with E-state index >= 15 is 0 Å². The molecule has 1 fully saturated rings. The molecule has 0 aromatic rings. The third-order valence-corrected chi connectivity index (χ3v) is 2.66. The summed E-state index contributed by atoms with van der Waals surface area (Å²) in [6, 6.07) is 0.191. The summed E-state index contributed by atoms with van der Waals surface area (Å²) in [5.74, 6) is 0. The van der Waals surface area contributed by atoms with Crippen LogP contribution in [0.3, 0.4) is 0 Å². The van der Waals surface area contributed by atoms with Gasteiger partial charge in [0.1, 0.15) is 0 Å². The van der Waals surface area contributed by atoms with Crippen LogP contribution >= 0.6 is 0 Å². The minimum atomic E-state index is -0.102. The molecule has 2 unspecified atom stereocenters. The lowest BCUT2D eigenvalue weighted by atomic mass is 9.89. The molecule has 0 aromatic carbocycles. The Labute approximate surface area is 68.1 Å². The fraction of sp³-hybridized carbons (Fsp3) is 1.00. The molecule has 4 N–H and O–H groups in total. The zero-order valence-corrected chi connectivity index (χ0v) is 7.18. The van der Waals surface area contributed by atoms with Crippen molar-refractivity contribution in [2.24, 2.45) is 11.5 Å². The molecule has 66 valence electrons. The van der Waals surface area contributed by atoms with Gasteiger partial charge in [0.2, 0.25) is 0 Å². The van der Waals surface area contributed by atoms with E-state index in [1.165, 1.54) is 0 Å². The largest absolute Gasteiger partial charge is 0.373 e.